The zero-order chi connectivity index (χ0) is 16.5. The van der Waals surface area contributed by atoms with Crippen LogP contribution in [-0.4, -0.2) is 25.6 Å². The number of carbonyl (C=O) groups is 2. The molecule has 0 radical (unpaired) electrons. The summed E-state index contributed by atoms with van der Waals surface area (Å²) in [5.74, 6) is 0.328. The summed E-state index contributed by atoms with van der Waals surface area (Å²) in [7, 11) is 1.36. The molecule has 5 nitrogen and oxygen atoms in total. The zero-order valence-corrected chi connectivity index (χ0v) is 13.0. The van der Waals surface area contributed by atoms with Gasteiger partial charge >= 0.3 is 5.97 Å². The Balaban J connectivity index is 1.75. The first-order valence-corrected chi connectivity index (χ1v) is 7.31. The fraction of sp³-hybridized carbons (Fsp3) is 0.222. The van der Waals surface area contributed by atoms with Crippen molar-refractivity contribution >= 4 is 17.6 Å². The van der Waals surface area contributed by atoms with Crippen molar-refractivity contribution in [2.75, 3.05) is 19.0 Å². The lowest BCUT2D eigenvalue weighted by Gasteiger charge is -2.08. The van der Waals surface area contributed by atoms with Gasteiger partial charge in [0, 0.05) is 5.69 Å². The SMILES string of the molecule is COC(=O)Cc1ccc(NC(=O)CCOc2ccccc2)cc1. The van der Waals surface area contributed by atoms with Crippen LogP contribution in [0.4, 0.5) is 5.69 Å². The van der Waals surface area contributed by atoms with Crippen LogP contribution in [0.15, 0.2) is 54.6 Å². The zero-order valence-electron chi connectivity index (χ0n) is 13.0. The molecule has 1 amide bonds. The number of nitrogens with one attached hydrogen (secondary N) is 1. The van der Waals surface area contributed by atoms with Gasteiger partial charge in [-0.25, -0.2) is 0 Å². The molecule has 0 saturated heterocycles. The van der Waals surface area contributed by atoms with Gasteiger partial charge in [0.2, 0.25) is 5.91 Å². The Morgan fingerprint density at radius 1 is 1.00 bits per heavy atom. The fourth-order valence-electron chi connectivity index (χ4n) is 1.95. The van der Waals surface area contributed by atoms with Crippen molar-refractivity contribution in [1.82, 2.24) is 0 Å². The molecule has 0 saturated carbocycles. The first-order chi connectivity index (χ1) is 11.2. The van der Waals surface area contributed by atoms with Crippen LogP contribution in [0.1, 0.15) is 12.0 Å². The van der Waals surface area contributed by atoms with Crippen molar-refractivity contribution in [1.29, 1.82) is 0 Å². The van der Waals surface area contributed by atoms with E-state index >= 15 is 0 Å². The van der Waals surface area contributed by atoms with Gasteiger partial charge in [0.1, 0.15) is 5.75 Å². The van der Waals surface area contributed by atoms with Crippen molar-refractivity contribution in [3.05, 3.63) is 60.2 Å². The van der Waals surface area contributed by atoms with Crippen molar-refractivity contribution in [2.24, 2.45) is 0 Å². The Morgan fingerprint density at radius 2 is 1.70 bits per heavy atom. The monoisotopic (exact) mass is 313 g/mol. The van der Waals surface area contributed by atoms with Crippen LogP contribution in [0.25, 0.3) is 0 Å². The predicted molar refractivity (Wildman–Crippen MR) is 87.3 cm³/mol. The minimum atomic E-state index is -0.292. The van der Waals surface area contributed by atoms with E-state index in [1.165, 1.54) is 7.11 Å². The van der Waals surface area contributed by atoms with E-state index in [-0.39, 0.29) is 24.7 Å². The van der Waals surface area contributed by atoms with Gasteiger partial charge in [-0.3, -0.25) is 9.59 Å². The van der Waals surface area contributed by atoms with E-state index < -0.39 is 0 Å². The Bertz CT molecular complexity index is 638. The van der Waals surface area contributed by atoms with E-state index in [4.69, 9.17) is 4.74 Å². The maximum absolute atomic E-state index is 11.8. The molecule has 0 heterocycles. The van der Waals surface area contributed by atoms with Gasteiger partial charge < -0.3 is 14.8 Å². The third-order valence-electron chi connectivity index (χ3n) is 3.15. The number of benzene rings is 2. The third kappa shape index (κ3) is 5.82. The number of esters is 1. The highest BCUT2D eigenvalue weighted by Gasteiger charge is 2.05. The van der Waals surface area contributed by atoms with Gasteiger partial charge in [-0.1, -0.05) is 30.3 Å². The molecule has 0 aliphatic heterocycles. The van der Waals surface area contributed by atoms with Crippen molar-refractivity contribution in [2.45, 2.75) is 12.8 Å². The quantitative estimate of drug-likeness (QED) is 0.798. The summed E-state index contributed by atoms with van der Waals surface area (Å²) in [6, 6.07) is 16.4. The molecule has 0 aliphatic carbocycles. The number of amides is 1. The fourth-order valence-corrected chi connectivity index (χ4v) is 1.95. The van der Waals surface area contributed by atoms with Gasteiger partial charge in [0.05, 0.1) is 26.6 Å². The maximum atomic E-state index is 11.8. The number of anilines is 1. The van der Waals surface area contributed by atoms with Gasteiger partial charge in [0.15, 0.2) is 0 Å². The molecule has 0 atom stereocenters. The number of rotatable bonds is 7. The van der Waals surface area contributed by atoms with Gasteiger partial charge in [-0.05, 0) is 29.8 Å². The molecule has 0 aromatic heterocycles. The molecule has 2 aromatic rings. The van der Waals surface area contributed by atoms with Crippen LogP contribution in [0.5, 0.6) is 5.75 Å². The topological polar surface area (TPSA) is 64.6 Å². The van der Waals surface area contributed by atoms with Crippen LogP contribution < -0.4 is 10.1 Å². The maximum Gasteiger partial charge on any atom is 0.309 e. The Kier molecular flexibility index (Phi) is 6.17. The minimum Gasteiger partial charge on any atom is -0.493 e. The van der Waals surface area contributed by atoms with E-state index in [1.807, 2.05) is 30.3 Å². The molecule has 23 heavy (non-hydrogen) atoms. The van der Waals surface area contributed by atoms with Crippen molar-refractivity contribution in [3.63, 3.8) is 0 Å². The summed E-state index contributed by atoms with van der Waals surface area (Å²) in [4.78, 5) is 23.0. The van der Waals surface area contributed by atoms with Crippen LogP contribution in [-0.2, 0) is 20.7 Å². The Hall–Kier alpha value is -2.82. The van der Waals surface area contributed by atoms with Crippen molar-refractivity contribution < 1.29 is 19.1 Å². The van der Waals surface area contributed by atoms with E-state index in [1.54, 1.807) is 24.3 Å². The van der Waals surface area contributed by atoms with Gasteiger partial charge in [0.25, 0.3) is 0 Å². The normalized spacial score (nSPS) is 9.96. The molecular weight excluding hydrogens is 294 g/mol. The standard InChI is InChI=1S/C18H19NO4/c1-22-18(21)13-14-7-9-15(10-8-14)19-17(20)11-12-23-16-5-3-2-4-6-16/h2-10H,11-13H2,1H3,(H,19,20). The van der Waals surface area contributed by atoms with Gasteiger partial charge in [-0.2, -0.15) is 0 Å². The summed E-state index contributed by atoms with van der Waals surface area (Å²) in [6.45, 7) is 0.316. The smallest absolute Gasteiger partial charge is 0.309 e. The number of carbonyl (C=O) groups excluding carboxylic acids is 2. The average molecular weight is 313 g/mol. The van der Waals surface area contributed by atoms with E-state index in [2.05, 4.69) is 10.1 Å². The average Bonchev–Trinajstić information content (AvgIpc) is 2.57. The van der Waals surface area contributed by atoms with Gasteiger partial charge in [-0.15, -0.1) is 0 Å². The highest BCUT2D eigenvalue weighted by atomic mass is 16.5. The number of ether oxygens (including phenoxy) is 2. The Labute approximate surface area is 135 Å². The highest BCUT2D eigenvalue weighted by Crippen LogP contribution is 2.12. The third-order valence-corrected chi connectivity index (χ3v) is 3.15. The first-order valence-electron chi connectivity index (χ1n) is 7.31. The second kappa shape index (κ2) is 8.58. The number of methoxy groups -OCH3 is 1. The summed E-state index contributed by atoms with van der Waals surface area (Å²) < 4.78 is 10.1. The predicted octanol–water partition coefficient (Wildman–Crippen LogP) is 2.81. The van der Waals surface area contributed by atoms with E-state index in [9.17, 15) is 9.59 Å². The summed E-state index contributed by atoms with van der Waals surface area (Å²) >= 11 is 0. The Morgan fingerprint density at radius 3 is 2.35 bits per heavy atom. The van der Waals surface area contributed by atoms with Crippen LogP contribution >= 0.6 is 0 Å². The molecule has 120 valence electrons. The molecular formula is C18H19NO4. The number of hydrogen-bond acceptors (Lipinski definition) is 4. The van der Waals surface area contributed by atoms with Crippen LogP contribution in [0.2, 0.25) is 0 Å². The summed E-state index contributed by atoms with van der Waals surface area (Å²) in [5.41, 5.74) is 1.52. The lowest BCUT2D eigenvalue weighted by molar-refractivity contribution is -0.139. The first kappa shape index (κ1) is 16.5. The molecule has 0 fully saturated rings. The summed E-state index contributed by atoms with van der Waals surface area (Å²) in [5, 5.41) is 2.79. The minimum absolute atomic E-state index is 0.123. The second-order valence-electron chi connectivity index (χ2n) is 4.91. The van der Waals surface area contributed by atoms with E-state index in [0.717, 1.165) is 11.3 Å². The molecule has 0 aliphatic rings. The number of para-hydroxylation sites is 1. The lowest BCUT2D eigenvalue weighted by atomic mass is 10.1. The molecule has 2 aromatic carbocycles. The molecule has 0 bridgehead atoms. The highest BCUT2D eigenvalue weighted by molar-refractivity contribution is 5.90. The molecule has 5 heteroatoms. The number of hydrogen-bond donors (Lipinski definition) is 1. The molecule has 0 unspecified atom stereocenters. The molecule has 2 rings (SSSR count). The molecule has 1 N–H and O–H groups in total. The van der Waals surface area contributed by atoms with Crippen molar-refractivity contribution in [3.8, 4) is 5.75 Å². The van der Waals surface area contributed by atoms with Crippen LogP contribution in [0.3, 0.4) is 0 Å². The lowest BCUT2D eigenvalue weighted by Crippen LogP contribution is -2.15. The largest absolute Gasteiger partial charge is 0.493 e. The van der Waals surface area contributed by atoms with E-state index in [0.29, 0.717) is 12.3 Å². The summed E-state index contributed by atoms with van der Waals surface area (Å²) in [6.07, 6.45) is 0.481. The van der Waals surface area contributed by atoms with Crippen LogP contribution in [0, 0.1) is 0 Å². The molecule has 0 spiro atoms. The second-order valence-corrected chi connectivity index (χ2v) is 4.91.